The molecular formula is C16H21N3S. The van der Waals surface area contributed by atoms with E-state index in [4.69, 9.17) is 5.73 Å². The van der Waals surface area contributed by atoms with Crippen molar-refractivity contribution in [1.29, 1.82) is 0 Å². The van der Waals surface area contributed by atoms with Gasteiger partial charge in [-0.15, -0.1) is 11.3 Å². The van der Waals surface area contributed by atoms with Gasteiger partial charge in [-0.25, -0.2) is 0 Å². The molecular weight excluding hydrogens is 266 g/mol. The van der Waals surface area contributed by atoms with E-state index in [1.165, 1.54) is 10.4 Å². The minimum atomic E-state index is 0.400. The quantitative estimate of drug-likeness (QED) is 0.648. The fourth-order valence-corrected chi connectivity index (χ4v) is 2.73. The maximum Gasteiger partial charge on any atom is 0.193 e. The summed E-state index contributed by atoms with van der Waals surface area (Å²) >= 11 is 1.76. The SMILES string of the molecule is CCc1cccc(NC(N)=NCC(C)c2cccs2)c1. The first kappa shape index (κ1) is 14.6. The molecule has 3 N–H and O–H groups in total. The molecule has 1 unspecified atom stereocenters. The van der Waals surface area contributed by atoms with E-state index >= 15 is 0 Å². The number of thiophene rings is 1. The maximum atomic E-state index is 5.94. The number of anilines is 1. The van der Waals surface area contributed by atoms with Gasteiger partial charge in [-0.3, -0.25) is 4.99 Å². The Bertz CT molecular complexity index is 561. The number of hydrogen-bond acceptors (Lipinski definition) is 2. The van der Waals surface area contributed by atoms with Gasteiger partial charge >= 0.3 is 0 Å². The van der Waals surface area contributed by atoms with Crippen LogP contribution >= 0.6 is 11.3 Å². The van der Waals surface area contributed by atoms with E-state index in [0.29, 0.717) is 18.4 Å². The molecule has 1 atom stereocenters. The lowest BCUT2D eigenvalue weighted by Crippen LogP contribution is -2.23. The van der Waals surface area contributed by atoms with E-state index in [0.717, 1.165) is 12.1 Å². The van der Waals surface area contributed by atoms with E-state index in [1.807, 2.05) is 12.1 Å². The molecule has 106 valence electrons. The van der Waals surface area contributed by atoms with Gasteiger partial charge in [-0.1, -0.05) is 32.0 Å². The molecule has 1 heterocycles. The summed E-state index contributed by atoms with van der Waals surface area (Å²) in [6.07, 6.45) is 1.02. The Kier molecular flexibility index (Phi) is 5.18. The minimum absolute atomic E-state index is 0.400. The molecule has 3 nitrogen and oxygen atoms in total. The first-order valence-corrected chi connectivity index (χ1v) is 7.76. The number of aliphatic imine (C=N–C) groups is 1. The molecule has 0 aliphatic rings. The zero-order valence-corrected chi connectivity index (χ0v) is 12.8. The molecule has 0 radical (unpaired) electrons. The molecule has 20 heavy (non-hydrogen) atoms. The summed E-state index contributed by atoms with van der Waals surface area (Å²) in [5, 5.41) is 5.24. The van der Waals surface area contributed by atoms with Crippen LogP contribution in [0.2, 0.25) is 0 Å². The predicted molar refractivity (Wildman–Crippen MR) is 88.7 cm³/mol. The Morgan fingerprint density at radius 1 is 1.35 bits per heavy atom. The highest BCUT2D eigenvalue weighted by atomic mass is 32.1. The number of hydrogen-bond donors (Lipinski definition) is 2. The third kappa shape index (κ3) is 4.10. The van der Waals surface area contributed by atoms with Crippen molar-refractivity contribution in [3.8, 4) is 0 Å². The van der Waals surface area contributed by atoms with Crippen molar-refractivity contribution in [1.82, 2.24) is 0 Å². The highest BCUT2D eigenvalue weighted by molar-refractivity contribution is 7.10. The van der Waals surface area contributed by atoms with Crippen molar-refractivity contribution in [2.75, 3.05) is 11.9 Å². The van der Waals surface area contributed by atoms with Crippen LogP contribution in [0.15, 0.2) is 46.8 Å². The standard InChI is InChI=1S/C16H21N3S/c1-3-13-6-4-7-14(10-13)19-16(17)18-11-12(2)15-8-5-9-20-15/h4-10,12H,3,11H2,1-2H3,(H3,17,18,19). The van der Waals surface area contributed by atoms with Crippen molar-refractivity contribution in [3.05, 3.63) is 52.2 Å². The first-order chi connectivity index (χ1) is 9.69. The Hall–Kier alpha value is -1.81. The summed E-state index contributed by atoms with van der Waals surface area (Å²) in [4.78, 5) is 5.76. The Balaban J connectivity index is 1.93. The van der Waals surface area contributed by atoms with Crippen LogP contribution in [0.5, 0.6) is 0 Å². The zero-order chi connectivity index (χ0) is 14.4. The van der Waals surface area contributed by atoms with Crippen LogP contribution in [-0.2, 0) is 6.42 Å². The zero-order valence-electron chi connectivity index (χ0n) is 12.0. The summed E-state index contributed by atoms with van der Waals surface area (Å²) in [5.74, 6) is 0.874. The van der Waals surface area contributed by atoms with Crippen molar-refractivity contribution in [2.45, 2.75) is 26.2 Å². The normalized spacial score (nSPS) is 13.2. The van der Waals surface area contributed by atoms with Crippen LogP contribution < -0.4 is 11.1 Å². The Labute approximate surface area is 124 Å². The molecule has 0 aliphatic carbocycles. The van der Waals surface area contributed by atoms with E-state index in [1.54, 1.807) is 11.3 Å². The van der Waals surface area contributed by atoms with Gasteiger partial charge in [-0.05, 0) is 35.6 Å². The third-order valence-electron chi connectivity index (χ3n) is 3.17. The smallest absolute Gasteiger partial charge is 0.193 e. The molecule has 0 fully saturated rings. The van der Waals surface area contributed by atoms with Gasteiger partial charge in [0.15, 0.2) is 5.96 Å². The summed E-state index contributed by atoms with van der Waals surface area (Å²) < 4.78 is 0. The number of nitrogens with one attached hydrogen (secondary N) is 1. The maximum absolute atomic E-state index is 5.94. The fraction of sp³-hybridized carbons (Fsp3) is 0.312. The highest BCUT2D eigenvalue weighted by Crippen LogP contribution is 2.20. The van der Waals surface area contributed by atoms with E-state index < -0.39 is 0 Å². The second-order valence-electron chi connectivity index (χ2n) is 4.82. The van der Waals surface area contributed by atoms with Crippen LogP contribution in [0.3, 0.4) is 0 Å². The van der Waals surface area contributed by atoms with Gasteiger partial charge in [0.1, 0.15) is 0 Å². The van der Waals surface area contributed by atoms with Gasteiger partial charge in [0, 0.05) is 16.5 Å². The molecule has 0 spiro atoms. The van der Waals surface area contributed by atoms with Crippen LogP contribution in [0.1, 0.15) is 30.2 Å². The summed E-state index contributed by atoms with van der Waals surface area (Å²) in [6.45, 7) is 5.01. The minimum Gasteiger partial charge on any atom is -0.370 e. The predicted octanol–water partition coefficient (Wildman–Crippen LogP) is 3.84. The summed E-state index contributed by atoms with van der Waals surface area (Å²) in [7, 11) is 0. The lowest BCUT2D eigenvalue weighted by molar-refractivity contribution is 0.790. The Morgan fingerprint density at radius 2 is 2.20 bits per heavy atom. The molecule has 0 aliphatic heterocycles. The number of rotatable bonds is 5. The van der Waals surface area contributed by atoms with Gasteiger partial charge in [0.05, 0.1) is 6.54 Å². The second-order valence-corrected chi connectivity index (χ2v) is 5.80. The Morgan fingerprint density at radius 3 is 2.90 bits per heavy atom. The summed E-state index contributed by atoms with van der Waals surface area (Å²) in [6, 6.07) is 12.5. The molecule has 0 bridgehead atoms. The largest absolute Gasteiger partial charge is 0.370 e. The number of guanidine groups is 1. The lowest BCUT2D eigenvalue weighted by Gasteiger charge is -2.09. The monoisotopic (exact) mass is 287 g/mol. The van der Waals surface area contributed by atoms with E-state index in [-0.39, 0.29) is 0 Å². The van der Waals surface area contributed by atoms with E-state index in [9.17, 15) is 0 Å². The molecule has 2 rings (SSSR count). The molecule has 0 saturated carbocycles. The summed E-state index contributed by atoms with van der Waals surface area (Å²) in [5.41, 5.74) is 8.22. The number of nitrogens with zero attached hydrogens (tertiary/aromatic N) is 1. The molecule has 4 heteroatoms. The van der Waals surface area contributed by atoms with Crippen molar-refractivity contribution in [3.63, 3.8) is 0 Å². The average Bonchev–Trinajstić information content (AvgIpc) is 2.99. The molecule has 2 aromatic rings. The molecule has 0 amide bonds. The van der Waals surface area contributed by atoms with Crippen LogP contribution in [0.25, 0.3) is 0 Å². The highest BCUT2D eigenvalue weighted by Gasteiger charge is 2.05. The van der Waals surface area contributed by atoms with Crippen molar-refractivity contribution < 1.29 is 0 Å². The van der Waals surface area contributed by atoms with Crippen molar-refractivity contribution in [2.24, 2.45) is 10.7 Å². The first-order valence-electron chi connectivity index (χ1n) is 6.88. The third-order valence-corrected chi connectivity index (χ3v) is 4.28. The van der Waals surface area contributed by atoms with Crippen LogP contribution in [0, 0.1) is 0 Å². The van der Waals surface area contributed by atoms with Crippen LogP contribution in [0.4, 0.5) is 5.69 Å². The lowest BCUT2D eigenvalue weighted by atomic mass is 10.1. The van der Waals surface area contributed by atoms with E-state index in [2.05, 4.69) is 53.8 Å². The number of nitrogens with two attached hydrogens (primary N) is 1. The van der Waals surface area contributed by atoms with Gasteiger partial charge < -0.3 is 11.1 Å². The van der Waals surface area contributed by atoms with Gasteiger partial charge in [0.2, 0.25) is 0 Å². The fourth-order valence-electron chi connectivity index (χ4n) is 1.95. The second kappa shape index (κ2) is 7.10. The number of benzene rings is 1. The topological polar surface area (TPSA) is 50.4 Å². The van der Waals surface area contributed by atoms with Gasteiger partial charge in [-0.2, -0.15) is 0 Å². The van der Waals surface area contributed by atoms with Crippen molar-refractivity contribution >= 4 is 23.0 Å². The van der Waals surface area contributed by atoms with Crippen LogP contribution in [-0.4, -0.2) is 12.5 Å². The molecule has 1 aromatic carbocycles. The molecule has 0 saturated heterocycles. The number of aryl methyl sites for hydroxylation is 1. The average molecular weight is 287 g/mol. The van der Waals surface area contributed by atoms with Gasteiger partial charge in [0.25, 0.3) is 0 Å². The molecule has 1 aromatic heterocycles.